The molecule has 5 nitrogen and oxygen atoms in total. The molecule has 0 unspecified atom stereocenters. The van der Waals surface area contributed by atoms with Crippen LogP contribution in [0.1, 0.15) is 5.56 Å². The Bertz CT molecular complexity index is 867. The molecule has 1 N–H and O–H groups in total. The first kappa shape index (κ1) is 20.4. The van der Waals surface area contributed by atoms with E-state index >= 15 is 0 Å². The van der Waals surface area contributed by atoms with E-state index in [9.17, 15) is 4.79 Å². The number of thioether (sulfide) groups is 1. The molecule has 3 rings (SSSR count). The van der Waals surface area contributed by atoms with Gasteiger partial charge in [-0.2, -0.15) is 11.8 Å². The van der Waals surface area contributed by atoms with Gasteiger partial charge >= 0.3 is 0 Å². The average molecular weight is 419 g/mol. The Hall–Kier alpha value is -2.31. The molecule has 1 fully saturated rings. The molecule has 2 aromatic rings. The van der Waals surface area contributed by atoms with Crippen molar-refractivity contribution in [2.75, 3.05) is 49.0 Å². The number of hydrogen-bond acceptors (Lipinski definition) is 5. The molecular formula is C21H23ClN2O3S. The first-order valence-corrected chi connectivity index (χ1v) is 10.5. The summed E-state index contributed by atoms with van der Waals surface area (Å²) >= 11 is 8.40. The number of benzene rings is 2. The van der Waals surface area contributed by atoms with Crippen molar-refractivity contribution in [1.82, 2.24) is 0 Å². The summed E-state index contributed by atoms with van der Waals surface area (Å²) in [4.78, 5) is 14.6. The van der Waals surface area contributed by atoms with Gasteiger partial charge < -0.3 is 19.7 Å². The zero-order chi connectivity index (χ0) is 19.9. The molecule has 1 aliphatic heterocycles. The van der Waals surface area contributed by atoms with Crippen LogP contribution in [0.5, 0.6) is 11.5 Å². The maximum Gasteiger partial charge on any atom is 0.248 e. The maximum atomic E-state index is 12.3. The van der Waals surface area contributed by atoms with E-state index in [4.69, 9.17) is 21.1 Å². The molecule has 2 aromatic carbocycles. The van der Waals surface area contributed by atoms with Crippen LogP contribution in [-0.4, -0.2) is 44.7 Å². The summed E-state index contributed by atoms with van der Waals surface area (Å²) in [6.45, 7) is 1.97. The van der Waals surface area contributed by atoms with E-state index < -0.39 is 0 Å². The van der Waals surface area contributed by atoms with E-state index in [0.717, 1.165) is 35.8 Å². The molecule has 1 saturated heterocycles. The van der Waals surface area contributed by atoms with E-state index in [2.05, 4.69) is 10.2 Å². The van der Waals surface area contributed by atoms with Crippen molar-refractivity contribution in [1.29, 1.82) is 0 Å². The number of anilines is 2. The van der Waals surface area contributed by atoms with Crippen LogP contribution in [0.3, 0.4) is 0 Å². The fourth-order valence-corrected chi connectivity index (χ4v) is 4.17. The van der Waals surface area contributed by atoms with Gasteiger partial charge in [-0.15, -0.1) is 0 Å². The van der Waals surface area contributed by atoms with E-state index in [1.807, 2.05) is 30.0 Å². The predicted octanol–water partition coefficient (Wildman–Crippen LogP) is 4.56. The van der Waals surface area contributed by atoms with E-state index in [0.29, 0.717) is 22.2 Å². The van der Waals surface area contributed by atoms with Gasteiger partial charge in [0.25, 0.3) is 0 Å². The smallest absolute Gasteiger partial charge is 0.248 e. The molecule has 0 aliphatic carbocycles. The lowest BCUT2D eigenvalue weighted by Crippen LogP contribution is -2.32. The largest absolute Gasteiger partial charge is 0.497 e. The van der Waals surface area contributed by atoms with Gasteiger partial charge in [0.15, 0.2) is 0 Å². The van der Waals surface area contributed by atoms with Crippen molar-refractivity contribution in [3.05, 3.63) is 53.1 Å². The monoisotopic (exact) mass is 418 g/mol. The number of methoxy groups -OCH3 is 2. The Balaban J connectivity index is 1.68. The van der Waals surface area contributed by atoms with Gasteiger partial charge in [0, 0.05) is 41.9 Å². The molecule has 1 amide bonds. The number of carbonyl (C=O) groups is 1. The zero-order valence-electron chi connectivity index (χ0n) is 15.9. The third kappa shape index (κ3) is 5.14. The summed E-state index contributed by atoms with van der Waals surface area (Å²) in [7, 11) is 3.18. The number of halogens is 1. The van der Waals surface area contributed by atoms with Gasteiger partial charge in [0.1, 0.15) is 11.5 Å². The normalized spacial score (nSPS) is 14.2. The highest BCUT2D eigenvalue weighted by molar-refractivity contribution is 7.99. The molecule has 7 heteroatoms. The van der Waals surface area contributed by atoms with Crippen LogP contribution in [-0.2, 0) is 4.79 Å². The lowest BCUT2D eigenvalue weighted by atomic mass is 10.1. The van der Waals surface area contributed by atoms with Crippen molar-refractivity contribution in [3.63, 3.8) is 0 Å². The van der Waals surface area contributed by atoms with Gasteiger partial charge in [-0.25, -0.2) is 0 Å². The van der Waals surface area contributed by atoms with Crippen molar-refractivity contribution >= 4 is 46.7 Å². The van der Waals surface area contributed by atoms with Gasteiger partial charge in [-0.1, -0.05) is 11.6 Å². The zero-order valence-corrected chi connectivity index (χ0v) is 17.5. The van der Waals surface area contributed by atoms with E-state index in [1.165, 1.54) is 6.08 Å². The Kier molecular flexibility index (Phi) is 7.12. The quantitative estimate of drug-likeness (QED) is 0.697. The summed E-state index contributed by atoms with van der Waals surface area (Å²) in [5, 5.41) is 3.49. The summed E-state index contributed by atoms with van der Waals surface area (Å²) < 4.78 is 10.5. The van der Waals surface area contributed by atoms with Crippen molar-refractivity contribution in [2.24, 2.45) is 0 Å². The Morgan fingerprint density at radius 1 is 1.14 bits per heavy atom. The van der Waals surface area contributed by atoms with Gasteiger partial charge in [-0.05, 0) is 42.5 Å². The molecular weight excluding hydrogens is 396 g/mol. The van der Waals surface area contributed by atoms with Crippen LogP contribution in [0, 0.1) is 0 Å². The molecule has 1 heterocycles. The first-order chi connectivity index (χ1) is 13.6. The summed E-state index contributed by atoms with van der Waals surface area (Å²) in [6.07, 6.45) is 3.15. The Morgan fingerprint density at radius 3 is 2.61 bits per heavy atom. The molecule has 0 radical (unpaired) electrons. The summed E-state index contributed by atoms with van der Waals surface area (Å²) in [5.41, 5.74) is 2.43. The average Bonchev–Trinajstić information content (AvgIpc) is 2.72. The number of ether oxygens (including phenoxy) is 2. The first-order valence-electron chi connectivity index (χ1n) is 8.94. The third-order valence-corrected chi connectivity index (χ3v) is 5.66. The molecule has 0 bridgehead atoms. The lowest BCUT2D eigenvalue weighted by molar-refractivity contribution is -0.111. The molecule has 0 atom stereocenters. The SMILES string of the molecule is COc1ccc(OC)c(/C=C/C(=O)Nc2ccc(N3CCSCC3)c(Cl)c2)c1. The second-order valence-corrected chi connectivity index (χ2v) is 7.83. The topological polar surface area (TPSA) is 50.8 Å². The van der Waals surface area contributed by atoms with Crippen molar-refractivity contribution < 1.29 is 14.3 Å². The Labute approximate surface area is 174 Å². The minimum Gasteiger partial charge on any atom is -0.497 e. The van der Waals surface area contributed by atoms with Crippen LogP contribution >= 0.6 is 23.4 Å². The van der Waals surface area contributed by atoms with Crippen molar-refractivity contribution in [2.45, 2.75) is 0 Å². The fourth-order valence-electron chi connectivity index (χ4n) is 2.96. The van der Waals surface area contributed by atoms with Crippen LogP contribution in [0.4, 0.5) is 11.4 Å². The third-order valence-electron chi connectivity index (χ3n) is 4.42. The second kappa shape index (κ2) is 9.75. The maximum absolute atomic E-state index is 12.3. The molecule has 148 valence electrons. The highest BCUT2D eigenvalue weighted by atomic mass is 35.5. The molecule has 0 spiro atoms. The van der Waals surface area contributed by atoms with E-state index in [1.54, 1.807) is 38.5 Å². The van der Waals surface area contributed by atoms with Crippen LogP contribution in [0.25, 0.3) is 6.08 Å². The number of rotatable bonds is 6. The van der Waals surface area contributed by atoms with Gasteiger partial charge in [-0.3, -0.25) is 4.79 Å². The molecule has 1 aliphatic rings. The standard InChI is InChI=1S/C21H23ClN2O3S/c1-26-17-5-7-20(27-2)15(13-17)3-8-21(25)23-16-4-6-19(18(22)14-16)24-9-11-28-12-10-24/h3-8,13-14H,9-12H2,1-2H3,(H,23,25)/b8-3+. The molecule has 0 aromatic heterocycles. The van der Waals surface area contributed by atoms with Crippen molar-refractivity contribution in [3.8, 4) is 11.5 Å². The minimum absolute atomic E-state index is 0.247. The second-order valence-electron chi connectivity index (χ2n) is 6.20. The molecule has 28 heavy (non-hydrogen) atoms. The predicted molar refractivity (Wildman–Crippen MR) is 118 cm³/mol. The molecule has 0 saturated carbocycles. The number of nitrogens with one attached hydrogen (secondary N) is 1. The number of carbonyl (C=O) groups excluding carboxylic acids is 1. The fraction of sp³-hybridized carbons (Fsp3) is 0.286. The van der Waals surface area contributed by atoms with Gasteiger partial charge in [0.05, 0.1) is 24.9 Å². The van der Waals surface area contributed by atoms with Crippen LogP contribution < -0.4 is 19.7 Å². The van der Waals surface area contributed by atoms with Crippen LogP contribution in [0.2, 0.25) is 5.02 Å². The van der Waals surface area contributed by atoms with E-state index in [-0.39, 0.29) is 5.91 Å². The lowest BCUT2D eigenvalue weighted by Gasteiger charge is -2.29. The number of amides is 1. The van der Waals surface area contributed by atoms with Gasteiger partial charge in [0.2, 0.25) is 5.91 Å². The Morgan fingerprint density at radius 2 is 1.93 bits per heavy atom. The van der Waals surface area contributed by atoms with Crippen LogP contribution in [0.15, 0.2) is 42.5 Å². The number of hydrogen-bond donors (Lipinski definition) is 1. The minimum atomic E-state index is -0.247. The highest BCUT2D eigenvalue weighted by Crippen LogP contribution is 2.30. The highest BCUT2D eigenvalue weighted by Gasteiger charge is 2.14. The summed E-state index contributed by atoms with van der Waals surface area (Å²) in [6, 6.07) is 11.0. The number of nitrogens with zero attached hydrogens (tertiary/aromatic N) is 1. The summed E-state index contributed by atoms with van der Waals surface area (Å²) in [5.74, 6) is 3.32.